The zero-order chi connectivity index (χ0) is 12.3. The summed E-state index contributed by atoms with van der Waals surface area (Å²) in [7, 11) is 0. The van der Waals surface area contributed by atoms with Crippen LogP contribution in [-0.4, -0.2) is 12.6 Å². The first-order valence-corrected chi connectivity index (χ1v) is 7.33. The maximum Gasteiger partial charge on any atom is 0.0603 e. The van der Waals surface area contributed by atoms with E-state index >= 15 is 0 Å². The molecule has 1 saturated carbocycles. The largest absolute Gasteiger partial charge is 0.397 e. The third-order valence-electron chi connectivity index (χ3n) is 3.66. The van der Waals surface area contributed by atoms with Crippen LogP contribution in [0.3, 0.4) is 0 Å². The Kier molecular flexibility index (Phi) is 4.32. The highest BCUT2D eigenvalue weighted by atomic mass is 79.9. The summed E-state index contributed by atoms with van der Waals surface area (Å²) < 4.78 is 1.05. The molecule has 2 rings (SSSR count). The lowest BCUT2D eigenvalue weighted by atomic mass is 9.93. The highest BCUT2D eigenvalue weighted by Gasteiger charge is 2.21. The molecule has 2 nitrogen and oxygen atoms in total. The Morgan fingerprint density at radius 3 is 2.59 bits per heavy atom. The molecule has 1 aromatic rings. The van der Waals surface area contributed by atoms with Crippen molar-refractivity contribution in [2.45, 2.75) is 45.1 Å². The number of nitrogen functional groups attached to an aromatic ring is 1. The van der Waals surface area contributed by atoms with E-state index in [1.165, 1.54) is 37.8 Å². The van der Waals surface area contributed by atoms with Crippen molar-refractivity contribution in [3.63, 3.8) is 0 Å². The Labute approximate surface area is 112 Å². The van der Waals surface area contributed by atoms with Crippen molar-refractivity contribution in [2.24, 2.45) is 0 Å². The molecule has 0 radical (unpaired) electrons. The molecule has 0 spiro atoms. The fourth-order valence-electron chi connectivity index (χ4n) is 2.80. The zero-order valence-electron chi connectivity index (χ0n) is 10.5. The second kappa shape index (κ2) is 5.76. The third kappa shape index (κ3) is 2.95. The highest BCUT2D eigenvalue weighted by molar-refractivity contribution is 9.10. The fraction of sp³-hybridized carbons (Fsp3) is 0.571. The minimum absolute atomic E-state index is 0.678. The highest BCUT2D eigenvalue weighted by Crippen LogP contribution is 2.32. The third-order valence-corrected chi connectivity index (χ3v) is 4.15. The summed E-state index contributed by atoms with van der Waals surface area (Å²) in [5.41, 5.74) is 8.21. The molecular weight excluding hydrogens is 276 g/mol. The Morgan fingerprint density at radius 2 is 2.00 bits per heavy atom. The molecule has 0 heterocycles. The van der Waals surface area contributed by atoms with Crippen LogP contribution >= 0.6 is 15.9 Å². The first-order chi connectivity index (χ1) is 8.22. The molecule has 17 heavy (non-hydrogen) atoms. The van der Waals surface area contributed by atoms with Gasteiger partial charge in [-0.3, -0.25) is 0 Å². The topological polar surface area (TPSA) is 29.3 Å². The molecule has 1 aliphatic rings. The van der Waals surface area contributed by atoms with E-state index in [2.05, 4.69) is 39.9 Å². The summed E-state index contributed by atoms with van der Waals surface area (Å²) in [6.45, 7) is 3.26. The minimum atomic E-state index is 0.678. The standard InChI is InChI=1S/C14H21BrN2/c1-2-17(12-6-4-3-5-7-12)14-9-8-11(15)10-13(14)16/h8-10,12H,2-7,16H2,1H3. The Hall–Kier alpha value is -0.700. The number of rotatable bonds is 3. The van der Waals surface area contributed by atoms with Crippen LogP contribution in [0.1, 0.15) is 39.0 Å². The smallest absolute Gasteiger partial charge is 0.0603 e. The molecule has 0 saturated heterocycles. The Bertz CT molecular complexity index is 372. The summed E-state index contributed by atoms with van der Waals surface area (Å²) in [4.78, 5) is 2.47. The molecule has 0 aromatic heterocycles. The van der Waals surface area contributed by atoms with Gasteiger partial charge in [0.25, 0.3) is 0 Å². The summed E-state index contributed by atoms with van der Waals surface area (Å²) in [5.74, 6) is 0. The molecule has 0 aliphatic heterocycles. The number of halogens is 1. The number of anilines is 2. The van der Waals surface area contributed by atoms with Crippen molar-refractivity contribution in [2.75, 3.05) is 17.2 Å². The number of benzene rings is 1. The van der Waals surface area contributed by atoms with Crippen LogP contribution in [0.4, 0.5) is 11.4 Å². The molecule has 0 bridgehead atoms. The number of hydrogen-bond donors (Lipinski definition) is 1. The Balaban J connectivity index is 2.21. The fourth-order valence-corrected chi connectivity index (χ4v) is 3.18. The molecule has 2 N–H and O–H groups in total. The van der Waals surface area contributed by atoms with Crippen LogP contribution in [0.5, 0.6) is 0 Å². The summed E-state index contributed by atoms with van der Waals surface area (Å²) in [6, 6.07) is 6.90. The second-order valence-corrected chi connectivity index (χ2v) is 5.70. The van der Waals surface area contributed by atoms with Gasteiger partial charge >= 0.3 is 0 Å². The summed E-state index contributed by atoms with van der Waals surface area (Å²) in [5, 5.41) is 0. The van der Waals surface area contributed by atoms with E-state index in [1.807, 2.05) is 6.07 Å². The van der Waals surface area contributed by atoms with E-state index < -0.39 is 0 Å². The van der Waals surface area contributed by atoms with E-state index in [1.54, 1.807) is 0 Å². The number of hydrogen-bond acceptors (Lipinski definition) is 2. The van der Waals surface area contributed by atoms with Gasteiger partial charge in [0.1, 0.15) is 0 Å². The maximum absolute atomic E-state index is 6.13. The zero-order valence-corrected chi connectivity index (χ0v) is 12.0. The maximum atomic E-state index is 6.13. The normalized spacial score (nSPS) is 17.1. The van der Waals surface area contributed by atoms with Gasteiger partial charge in [-0.15, -0.1) is 0 Å². The van der Waals surface area contributed by atoms with Crippen molar-refractivity contribution in [3.8, 4) is 0 Å². The first kappa shape index (κ1) is 12.7. The summed E-state index contributed by atoms with van der Waals surface area (Å²) >= 11 is 3.46. The predicted molar refractivity (Wildman–Crippen MR) is 78.4 cm³/mol. The van der Waals surface area contributed by atoms with Gasteiger partial charge in [0.05, 0.1) is 11.4 Å². The quantitative estimate of drug-likeness (QED) is 0.848. The molecule has 1 fully saturated rings. The van der Waals surface area contributed by atoms with Gasteiger partial charge in [0.15, 0.2) is 0 Å². The lowest BCUT2D eigenvalue weighted by Crippen LogP contribution is -2.37. The molecule has 0 atom stereocenters. The van der Waals surface area contributed by atoms with E-state index in [-0.39, 0.29) is 0 Å². The lowest BCUT2D eigenvalue weighted by Gasteiger charge is -2.36. The van der Waals surface area contributed by atoms with E-state index in [9.17, 15) is 0 Å². The van der Waals surface area contributed by atoms with Gasteiger partial charge in [0, 0.05) is 17.1 Å². The molecule has 0 amide bonds. The second-order valence-electron chi connectivity index (χ2n) is 4.78. The molecule has 94 valence electrons. The number of nitrogens with two attached hydrogens (primary N) is 1. The van der Waals surface area contributed by atoms with Crippen molar-refractivity contribution >= 4 is 27.3 Å². The minimum Gasteiger partial charge on any atom is -0.397 e. The van der Waals surface area contributed by atoms with Crippen LogP contribution in [0.2, 0.25) is 0 Å². The van der Waals surface area contributed by atoms with Gasteiger partial charge in [0.2, 0.25) is 0 Å². The molecule has 1 aromatic carbocycles. The van der Waals surface area contributed by atoms with Crippen LogP contribution in [0, 0.1) is 0 Å². The Morgan fingerprint density at radius 1 is 1.29 bits per heavy atom. The molecule has 1 aliphatic carbocycles. The van der Waals surface area contributed by atoms with Gasteiger partial charge in [-0.2, -0.15) is 0 Å². The molecule has 0 unspecified atom stereocenters. The van der Waals surface area contributed by atoms with Gasteiger partial charge in [-0.25, -0.2) is 0 Å². The molecular formula is C14H21BrN2. The van der Waals surface area contributed by atoms with E-state index in [0.717, 1.165) is 16.7 Å². The van der Waals surface area contributed by atoms with Gasteiger partial charge < -0.3 is 10.6 Å². The van der Waals surface area contributed by atoms with Crippen molar-refractivity contribution in [3.05, 3.63) is 22.7 Å². The summed E-state index contributed by atoms with van der Waals surface area (Å²) in [6.07, 6.45) is 6.73. The van der Waals surface area contributed by atoms with Gasteiger partial charge in [-0.1, -0.05) is 35.2 Å². The SMILES string of the molecule is CCN(c1ccc(Br)cc1N)C1CCCCC1. The average molecular weight is 297 g/mol. The van der Waals surface area contributed by atoms with E-state index in [0.29, 0.717) is 6.04 Å². The van der Waals surface area contributed by atoms with E-state index in [4.69, 9.17) is 5.73 Å². The monoisotopic (exact) mass is 296 g/mol. The van der Waals surface area contributed by atoms with Crippen molar-refractivity contribution < 1.29 is 0 Å². The van der Waals surface area contributed by atoms with Crippen LogP contribution < -0.4 is 10.6 Å². The average Bonchev–Trinajstić information content (AvgIpc) is 2.34. The van der Waals surface area contributed by atoms with Crippen LogP contribution in [0.25, 0.3) is 0 Å². The van der Waals surface area contributed by atoms with Crippen LogP contribution in [0.15, 0.2) is 22.7 Å². The van der Waals surface area contributed by atoms with Crippen molar-refractivity contribution in [1.29, 1.82) is 0 Å². The lowest BCUT2D eigenvalue weighted by molar-refractivity contribution is 0.418. The molecule has 3 heteroatoms. The number of nitrogens with zero attached hydrogens (tertiary/aromatic N) is 1. The first-order valence-electron chi connectivity index (χ1n) is 6.54. The van der Waals surface area contributed by atoms with Crippen molar-refractivity contribution in [1.82, 2.24) is 0 Å². The predicted octanol–water partition coefficient (Wildman–Crippen LogP) is 4.19. The van der Waals surface area contributed by atoms with Crippen LogP contribution in [-0.2, 0) is 0 Å². The van der Waals surface area contributed by atoms with Gasteiger partial charge in [-0.05, 0) is 38.0 Å².